The quantitative estimate of drug-likeness (QED) is 0.516. The number of aryl methyl sites for hydroxylation is 1. The lowest BCUT2D eigenvalue weighted by Gasteiger charge is -2.05. The van der Waals surface area contributed by atoms with Gasteiger partial charge in [0.15, 0.2) is 10.4 Å². The van der Waals surface area contributed by atoms with E-state index >= 15 is 0 Å². The van der Waals surface area contributed by atoms with Crippen LogP contribution in [0, 0.1) is 6.92 Å². The highest BCUT2D eigenvalue weighted by molar-refractivity contribution is 7.15. The predicted octanol–water partition coefficient (Wildman–Crippen LogP) is 2.53. The summed E-state index contributed by atoms with van der Waals surface area (Å²) in [5.74, 6) is -0.988. The fourth-order valence-corrected chi connectivity index (χ4v) is 3.28. The minimum Gasteiger partial charge on any atom is -0.453 e. The van der Waals surface area contributed by atoms with E-state index in [9.17, 15) is 14.4 Å². The third-order valence-electron chi connectivity index (χ3n) is 3.79. The molecule has 4 rings (SSSR count). The van der Waals surface area contributed by atoms with Crippen molar-refractivity contribution in [3.63, 3.8) is 0 Å². The lowest BCUT2D eigenvalue weighted by Crippen LogP contribution is -2.15. The van der Waals surface area contributed by atoms with Crippen LogP contribution in [0.15, 0.2) is 55.9 Å². The van der Waals surface area contributed by atoms with Gasteiger partial charge in [-0.15, -0.1) is 11.3 Å². The van der Waals surface area contributed by atoms with E-state index in [1.165, 1.54) is 21.8 Å². The number of ether oxygens (including phenoxy) is 1. The number of aromatic nitrogens is 2. The zero-order chi connectivity index (χ0) is 18.3. The van der Waals surface area contributed by atoms with Crippen molar-refractivity contribution < 1.29 is 13.9 Å². The first-order chi connectivity index (χ1) is 12.5. The van der Waals surface area contributed by atoms with Crippen molar-refractivity contribution in [3.05, 3.63) is 79.5 Å². The Hall–Kier alpha value is -3.26. The number of esters is 1. The fourth-order valence-electron chi connectivity index (χ4n) is 2.54. The van der Waals surface area contributed by atoms with Crippen molar-refractivity contribution in [2.45, 2.75) is 13.5 Å². The molecule has 8 heteroatoms. The van der Waals surface area contributed by atoms with Crippen LogP contribution in [0.2, 0.25) is 0 Å². The van der Waals surface area contributed by atoms with Crippen LogP contribution in [0.5, 0.6) is 0 Å². The molecule has 0 aliphatic carbocycles. The van der Waals surface area contributed by atoms with Gasteiger partial charge in [0.1, 0.15) is 12.2 Å². The molecule has 0 bridgehead atoms. The summed E-state index contributed by atoms with van der Waals surface area (Å²) in [6.45, 7) is 1.67. The Morgan fingerprint density at radius 1 is 1.27 bits per heavy atom. The van der Waals surface area contributed by atoms with Crippen molar-refractivity contribution in [3.8, 4) is 0 Å². The summed E-state index contributed by atoms with van der Waals surface area (Å²) in [7, 11) is 0. The first kappa shape index (κ1) is 16.2. The summed E-state index contributed by atoms with van der Waals surface area (Å²) in [5, 5.41) is 2.14. The molecular weight excluding hydrogens is 356 g/mol. The second-order valence-electron chi connectivity index (χ2n) is 5.69. The van der Waals surface area contributed by atoms with Gasteiger partial charge in [-0.3, -0.25) is 14.0 Å². The Morgan fingerprint density at radius 3 is 2.96 bits per heavy atom. The number of hydrogen-bond donors (Lipinski definition) is 0. The van der Waals surface area contributed by atoms with Gasteiger partial charge < -0.3 is 9.15 Å². The van der Waals surface area contributed by atoms with Crippen LogP contribution < -0.4 is 11.0 Å². The summed E-state index contributed by atoms with van der Waals surface area (Å²) in [5.41, 5.74) is 0.977. The first-order valence-electron chi connectivity index (χ1n) is 7.69. The molecule has 0 fully saturated rings. The average molecular weight is 368 g/mol. The van der Waals surface area contributed by atoms with Gasteiger partial charge in [0.05, 0.1) is 11.1 Å². The summed E-state index contributed by atoms with van der Waals surface area (Å²) in [6, 6.07) is 7.52. The van der Waals surface area contributed by atoms with Gasteiger partial charge in [-0.05, 0) is 19.1 Å². The van der Waals surface area contributed by atoms with Crippen LogP contribution in [0.1, 0.15) is 21.8 Å². The molecule has 0 saturated carbocycles. The predicted molar refractivity (Wildman–Crippen MR) is 95.7 cm³/mol. The molecule has 0 amide bonds. The molecule has 0 atom stereocenters. The molecule has 3 aromatic heterocycles. The summed E-state index contributed by atoms with van der Waals surface area (Å²) < 4.78 is 12.0. The van der Waals surface area contributed by atoms with Gasteiger partial charge in [0.25, 0.3) is 5.56 Å². The smallest absolute Gasteiger partial charge is 0.374 e. The van der Waals surface area contributed by atoms with Crippen molar-refractivity contribution in [2.24, 2.45) is 0 Å². The molecule has 0 unspecified atom stereocenters. The van der Waals surface area contributed by atoms with Gasteiger partial charge in [-0.25, -0.2) is 9.78 Å². The van der Waals surface area contributed by atoms with Crippen LogP contribution in [0.3, 0.4) is 0 Å². The minimum absolute atomic E-state index is 0.194. The van der Waals surface area contributed by atoms with Gasteiger partial charge in [-0.2, -0.15) is 0 Å². The summed E-state index contributed by atoms with van der Waals surface area (Å²) in [4.78, 5) is 41.1. The molecule has 7 nitrogen and oxygen atoms in total. The molecule has 0 N–H and O–H groups in total. The normalized spacial score (nSPS) is 11.1. The number of nitrogens with zero attached hydrogens (tertiary/aromatic N) is 2. The third-order valence-corrected chi connectivity index (χ3v) is 4.55. The second-order valence-corrected chi connectivity index (χ2v) is 6.56. The van der Waals surface area contributed by atoms with E-state index in [4.69, 9.17) is 9.15 Å². The number of benzene rings is 1. The Labute approximate surface area is 150 Å². The summed E-state index contributed by atoms with van der Waals surface area (Å²) >= 11 is 1.30. The monoisotopic (exact) mass is 368 g/mol. The highest BCUT2D eigenvalue weighted by atomic mass is 32.1. The minimum atomic E-state index is -0.794. The van der Waals surface area contributed by atoms with Crippen molar-refractivity contribution in [1.82, 2.24) is 9.38 Å². The molecule has 130 valence electrons. The van der Waals surface area contributed by atoms with Crippen molar-refractivity contribution in [2.75, 3.05) is 0 Å². The Balaban J connectivity index is 1.59. The summed E-state index contributed by atoms with van der Waals surface area (Å²) in [6.07, 6.45) is 1.62. The molecule has 3 heterocycles. The van der Waals surface area contributed by atoms with E-state index < -0.39 is 5.97 Å². The molecule has 0 aliphatic rings. The van der Waals surface area contributed by atoms with Crippen molar-refractivity contribution >= 4 is 33.2 Å². The number of thiazole rings is 1. The number of rotatable bonds is 3. The molecule has 1 aromatic carbocycles. The number of carbonyl (C=O) groups excluding carboxylic acids is 1. The van der Waals surface area contributed by atoms with E-state index in [0.717, 1.165) is 11.6 Å². The zero-order valence-corrected chi connectivity index (χ0v) is 14.4. The Morgan fingerprint density at radius 2 is 2.12 bits per heavy atom. The van der Waals surface area contributed by atoms with Gasteiger partial charge in [0, 0.05) is 23.7 Å². The van der Waals surface area contributed by atoms with Crippen LogP contribution in [-0.2, 0) is 11.3 Å². The van der Waals surface area contributed by atoms with E-state index in [0.29, 0.717) is 21.6 Å². The standard InChI is InChI=1S/C18H12N2O5S/c1-10-2-3-14-12(6-10)13(21)8-15(25-14)17(23)24-9-11-7-16(22)20-4-5-26-18(20)19-11/h2-8H,9H2,1H3. The van der Waals surface area contributed by atoms with Gasteiger partial charge >= 0.3 is 5.97 Å². The van der Waals surface area contributed by atoms with Crippen LogP contribution in [0.4, 0.5) is 0 Å². The van der Waals surface area contributed by atoms with E-state index in [1.54, 1.807) is 29.8 Å². The number of carbonyl (C=O) groups is 1. The van der Waals surface area contributed by atoms with Crippen LogP contribution in [-0.4, -0.2) is 15.4 Å². The number of hydrogen-bond acceptors (Lipinski definition) is 7. The topological polar surface area (TPSA) is 90.9 Å². The van der Waals surface area contributed by atoms with Gasteiger partial charge in [0.2, 0.25) is 5.76 Å². The van der Waals surface area contributed by atoms with Crippen LogP contribution >= 0.6 is 11.3 Å². The Bertz CT molecular complexity index is 1270. The number of fused-ring (bicyclic) bond motifs is 2. The highest BCUT2D eigenvalue weighted by Crippen LogP contribution is 2.15. The lowest BCUT2D eigenvalue weighted by molar-refractivity contribution is 0.0432. The molecule has 0 spiro atoms. The maximum atomic E-state index is 12.2. The lowest BCUT2D eigenvalue weighted by atomic mass is 10.1. The molecule has 0 saturated heterocycles. The largest absolute Gasteiger partial charge is 0.453 e. The SMILES string of the molecule is Cc1ccc2oc(C(=O)OCc3cc(=O)n4ccsc4n3)cc(=O)c2c1. The fraction of sp³-hybridized carbons (Fsp3) is 0.111. The Kier molecular flexibility index (Phi) is 3.89. The molecule has 4 aromatic rings. The van der Waals surface area contributed by atoms with Crippen LogP contribution in [0.25, 0.3) is 15.9 Å². The molecule has 0 radical (unpaired) electrons. The highest BCUT2D eigenvalue weighted by Gasteiger charge is 2.15. The molecular formula is C18H12N2O5S. The van der Waals surface area contributed by atoms with Gasteiger partial charge in [-0.1, -0.05) is 11.6 Å². The molecule has 0 aliphatic heterocycles. The maximum Gasteiger partial charge on any atom is 0.374 e. The zero-order valence-electron chi connectivity index (χ0n) is 13.6. The maximum absolute atomic E-state index is 12.2. The van der Waals surface area contributed by atoms with E-state index in [-0.39, 0.29) is 23.4 Å². The van der Waals surface area contributed by atoms with E-state index in [1.807, 2.05) is 6.92 Å². The first-order valence-corrected chi connectivity index (χ1v) is 8.57. The average Bonchev–Trinajstić information content (AvgIpc) is 3.09. The van der Waals surface area contributed by atoms with E-state index in [2.05, 4.69) is 4.98 Å². The van der Waals surface area contributed by atoms with Crippen molar-refractivity contribution in [1.29, 1.82) is 0 Å². The molecule has 26 heavy (non-hydrogen) atoms. The third kappa shape index (κ3) is 2.91. The second kappa shape index (κ2) is 6.23.